The smallest absolute Gasteiger partial charge is 0.143 e. The van der Waals surface area contributed by atoms with Gasteiger partial charge in [0.1, 0.15) is 5.78 Å². The van der Waals surface area contributed by atoms with E-state index in [4.69, 9.17) is 0 Å². The Balaban J connectivity index is 2.68. The fraction of sp³-hybridized carbons (Fsp3) is 0.417. The largest absolute Gasteiger partial charge is 0.772 e. The molecule has 0 amide bonds. The molecule has 1 atom stereocenters. The van der Waals surface area contributed by atoms with E-state index in [-0.39, 0.29) is 18.0 Å². The van der Waals surface area contributed by atoms with Crippen LogP contribution in [0.3, 0.4) is 0 Å². The van der Waals surface area contributed by atoms with Gasteiger partial charge in [0.15, 0.2) is 0 Å². The molecule has 1 rings (SSSR count). The normalized spacial score (nSPS) is 13.4. The zero-order valence-corrected chi connectivity index (χ0v) is 10.3. The first-order valence-electron chi connectivity index (χ1n) is 5.05. The summed E-state index contributed by atoms with van der Waals surface area (Å²) in [5.74, 6) is -0.179. The van der Waals surface area contributed by atoms with Crippen LogP contribution in [-0.4, -0.2) is 20.3 Å². The molecule has 1 aromatic carbocycles. The van der Waals surface area contributed by atoms with Gasteiger partial charge in [-0.1, -0.05) is 55.3 Å². The van der Waals surface area contributed by atoms with Crippen LogP contribution in [0.15, 0.2) is 30.3 Å². The summed E-state index contributed by atoms with van der Waals surface area (Å²) in [5.41, 5.74) is 0.0971. The number of carbonyl (C=O) groups is 1. The number of rotatable bonds is 5. The minimum atomic E-state index is -2.18. The summed E-state index contributed by atoms with van der Waals surface area (Å²) >= 11 is -2.18. The molecule has 0 aromatic heterocycles. The summed E-state index contributed by atoms with van der Waals surface area (Å²) in [6, 6.07) is 9.33. The molecule has 16 heavy (non-hydrogen) atoms. The summed E-state index contributed by atoms with van der Waals surface area (Å²) in [4.78, 5) is 11.9. The Bertz CT molecular complexity index is 385. The topological polar surface area (TPSA) is 57.2 Å². The maximum Gasteiger partial charge on any atom is 0.143 e. The van der Waals surface area contributed by atoms with Crippen molar-refractivity contribution >= 4 is 16.9 Å². The number of benzene rings is 1. The average molecular weight is 239 g/mol. The highest BCUT2D eigenvalue weighted by molar-refractivity contribution is 7.79. The quantitative estimate of drug-likeness (QED) is 0.735. The van der Waals surface area contributed by atoms with Crippen LogP contribution in [0.4, 0.5) is 0 Å². The van der Waals surface area contributed by atoms with Crippen molar-refractivity contribution in [2.75, 3.05) is 5.75 Å². The molecule has 0 spiro atoms. The van der Waals surface area contributed by atoms with Crippen molar-refractivity contribution in [3.05, 3.63) is 35.9 Å². The molecule has 0 radical (unpaired) electrons. The predicted molar refractivity (Wildman–Crippen MR) is 62.7 cm³/mol. The van der Waals surface area contributed by atoms with E-state index in [0.29, 0.717) is 0 Å². The lowest BCUT2D eigenvalue weighted by molar-refractivity contribution is -0.125. The Kier molecular flexibility index (Phi) is 4.38. The molecule has 0 bridgehead atoms. The first kappa shape index (κ1) is 13.1. The molecule has 4 heteroatoms. The van der Waals surface area contributed by atoms with Gasteiger partial charge in [-0.2, -0.15) is 0 Å². The van der Waals surface area contributed by atoms with Gasteiger partial charge < -0.3 is 4.55 Å². The Morgan fingerprint density at radius 2 is 1.88 bits per heavy atom. The lowest BCUT2D eigenvalue weighted by atomic mass is 9.87. The predicted octanol–water partition coefficient (Wildman–Crippen LogP) is 1.70. The van der Waals surface area contributed by atoms with E-state index in [9.17, 15) is 13.6 Å². The van der Waals surface area contributed by atoms with Gasteiger partial charge in [-0.05, 0) is 5.56 Å². The van der Waals surface area contributed by atoms with E-state index in [2.05, 4.69) is 0 Å². The first-order chi connectivity index (χ1) is 7.42. The fourth-order valence-electron chi connectivity index (χ4n) is 1.40. The highest BCUT2D eigenvalue weighted by Crippen LogP contribution is 2.20. The molecule has 0 N–H and O–H groups in total. The summed E-state index contributed by atoms with van der Waals surface area (Å²) in [7, 11) is 0. The van der Waals surface area contributed by atoms with E-state index in [0.717, 1.165) is 5.56 Å². The maximum atomic E-state index is 11.9. The lowest BCUT2D eigenvalue weighted by Crippen LogP contribution is -2.31. The zero-order valence-electron chi connectivity index (χ0n) is 9.43. The number of Topliss-reactive ketones (excluding diaryl/α,β-unsaturated/α-hetero) is 1. The van der Waals surface area contributed by atoms with Crippen LogP contribution in [0.5, 0.6) is 0 Å². The molecule has 0 aliphatic heterocycles. The molecule has 1 aromatic rings. The minimum absolute atomic E-state index is 0.0529. The van der Waals surface area contributed by atoms with Crippen molar-refractivity contribution in [1.29, 1.82) is 0 Å². The second-order valence-corrected chi connectivity index (χ2v) is 5.31. The second kappa shape index (κ2) is 5.37. The van der Waals surface area contributed by atoms with Gasteiger partial charge in [0.25, 0.3) is 0 Å². The first-order valence-corrected chi connectivity index (χ1v) is 6.29. The van der Waals surface area contributed by atoms with Gasteiger partial charge in [-0.3, -0.25) is 9.00 Å². The van der Waals surface area contributed by atoms with Crippen LogP contribution in [0.25, 0.3) is 0 Å². The number of hydrogen-bond donors (Lipinski definition) is 0. The summed E-state index contributed by atoms with van der Waals surface area (Å²) in [6.07, 6.45) is 0.283. The summed E-state index contributed by atoms with van der Waals surface area (Å²) in [6.45, 7) is 3.32. The van der Waals surface area contributed by atoms with Gasteiger partial charge >= 0.3 is 0 Å². The molecule has 0 aliphatic carbocycles. The average Bonchev–Trinajstić information content (AvgIpc) is 2.17. The van der Waals surface area contributed by atoms with Crippen molar-refractivity contribution in [2.45, 2.75) is 20.3 Å². The fourth-order valence-corrected chi connectivity index (χ4v) is 2.15. The van der Waals surface area contributed by atoms with E-state index in [1.807, 2.05) is 30.3 Å². The van der Waals surface area contributed by atoms with Crippen LogP contribution in [0, 0.1) is 5.41 Å². The molecular weight excluding hydrogens is 224 g/mol. The molecule has 0 aliphatic rings. The lowest BCUT2D eigenvalue weighted by Gasteiger charge is -2.24. The van der Waals surface area contributed by atoms with Crippen molar-refractivity contribution in [3.8, 4) is 0 Å². The molecule has 1 unspecified atom stereocenters. The molecular formula is C12H15O3S-. The van der Waals surface area contributed by atoms with Crippen LogP contribution >= 0.6 is 0 Å². The van der Waals surface area contributed by atoms with Crippen molar-refractivity contribution < 1.29 is 13.6 Å². The Morgan fingerprint density at radius 1 is 1.31 bits per heavy atom. The Hall–Kier alpha value is -1.00. The Morgan fingerprint density at radius 3 is 2.38 bits per heavy atom. The molecule has 0 saturated heterocycles. The zero-order chi connectivity index (χ0) is 12.2. The monoisotopic (exact) mass is 239 g/mol. The molecule has 3 nitrogen and oxygen atoms in total. The highest BCUT2D eigenvalue weighted by Gasteiger charge is 2.27. The third kappa shape index (κ3) is 3.87. The van der Waals surface area contributed by atoms with Crippen molar-refractivity contribution in [3.63, 3.8) is 0 Å². The van der Waals surface area contributed by atoms with E-state index in [1.54, 1.807) is 13.8 Å². The van der Waals surface area contributed by atoms with E-state index in [1.165, 1.54) is 0 Å². The standard InChI is InChI=1S/C12H16O3S/c1-12(2,9-16(14)15)11(13)8-10-6-4-3-5-7-10/h3-7H,8-9H2,1-2H3,(H,14,15)/p-1. The van der Waals surface area contributed by atoms with Crippen LogP contribution < -0.4 is 0 Å². The minimum Gasteiger partial charge on any atom is -0.772 e. The number of hydrogen-bond acceptors (Lipinski definition) is 3. The third-order valence-electron chi connectivity index (χ3n) is 2.44. The second-order valence-electron chi connectivity index (χ2n) is 4.42. The maximum absolute atomic E-state index is 11.9. The van der Waals surface area contributed by atoms with E-state index < -0.39 is 16.5 Å². The van der Waals surface area contributed by atoms with Crippen molar-refractivity contribution in [2.24, 2.45) is 5.41 Å². The van der Waals surface area contributed by atoms with Crippen molar-refractivity contribution in [1.82, 2.24) is 0 Å². The van der Waals surface area contributed by atoms with Gasteiger partial charge in [0.05, 0.1) is 0 Å². The highest BCUT2D eigenvalue weighted by atomic mass is 32.2. The van der Waals surface area contributed by atoms with E-state index >= 15 is 0 Å². The Labute approximate surface area is 98.2 Å². The van der Waals surface area contributed by atoms with Gasteiger partial charge in [-0.25, -0.2) is 0 Å². The van der Waals surface area contributed by atoms with Gasteiger partial charge in [0.2, 0.25) is 0 Å². The summed E-state index contributed by atoms with van der Waals surface area (Å²) in [5, 5.41) is 0. The molecule has 88 valence electrons. The number of ketones is 1. The van der Waals surface area contributed by atoms with Gasteiger partial charge in [0, 0.05) is 17.6 Å². The third-order valence-corrected chi connectivity index (χ3v) is 3.40. The SMILES string of the molecule is CC(C)(CS(=O)[O-])C(=O)Cc1ccccc1. The van der Waals surface area contributed by atoms with Gasteiger partial charge in [-0.15, -0.1) is 0 Å². The van der Waals surface area contributed by atoms with Crippen LogP contribution in [-0.2, 0) is 22.3 Å². The van der Waals surface area contributed by atoms with Crippen LogP contribution in [0.1, 0.15) is 19.4 Å². The molecule has 0 saturated carbocycles. The molecule has 0 fully saturated rings. The number of carbonyl (C=O) groups excluding carboxylic acids is 1. The summed E-state index contributed by atoms with van der Waals surface area (Å²) < 4.78 is 21.2. The molecule has 0 heterocycles. The van der Waals surface area contributed by atoms with Crippen LogP contribution in [0.2, 0.25) is 0 Å².